The molecule has 0 atom stereocenters. The number of rotatable bonds is 4. The lowest BCUT2D eigenvalue weighted by Crippen LogP contribution is -2.12. The van der Waals surface area contributed by atoms with Crippen LogP contribution in [-0.2, 0) is 0 Å². The third kappa shape index (κ3) is 3.63. The lowest BCUT2D eigenvalue weighted by Gasteiger charge is -2.11. The Labute approximate surface area is 122 Å². The Kier molecular flexibility index (Phi) is 4.64. The summed E-state index contributed by atoms with van der Waals surface area (Å²) in [6.07, 6.45) is 1.35. The van der Waals surface area contributed by atoms with E-state index in [1.165, 1.54) is 18.3 Å². The molecule has 4 nitrogen and oxygen atoms in total. The normalized spacial score (nSPS) is 10.5. The van der Waals surface area contributed by atoms with E-state index in [1.807, 2.05) is 0 Å². The predicted octanol–water partition coefficient (Wildman–Crippen LogP) is 3.69. The van der Waals surface area contributed by atoms with Gasteiger partial charge in [0, 0.05) is 6.20 Å². The minimum atomic E-state index is -3.27. The molecule has 0 unspecified atom stereocenters. The van der Waals surface area contributed by atoms with E-state index in [2.05, 4.69) is 9.72 Å². The van der Waals surface area contributed by atoms with Gasteiger partial charge in [-0.1, -0.05) is 17.7 Å². The van der Waals surface area contributed by atoms with Crippen LogP contribution in [0.25, 0.3) is 0 Å². The van der Waals surface area contributed by atoms with Crippen LogP contribution in [0, 0.1) is 5.82 Å². The van der Waals surface area contributed by atoms with Crippen molar-refractivity contribution in [2.75, 3.05) is 0 Å². The maximum atomic E-state index is 13.9. The first-order valence-electron chi connectivity index (χ1n) is 5.55. The Morgan fingerprint density at radius 1 is 1.24 bits per heavy atom. The second-order valence-corrected chi connectivity index (χ2v) is 4.08. The zero-order chi connectivity index (χ0) is 15.4. The van der Waals surface area contributed by atoms with Gasteiger partial charge in [-0.2, -0.15) is 13.2 Å². The molecule has 2 rings (SSSR count). The van der Waals surface area contributed by atoms with Crippen molar-refractivity contribution in [2.45, 2.75) is 6.61 Å². The molecular weight excluding hydrogens is 311 g/mol. The second kappa shape index (κ2) is 6.45. The molecule has 0 fully saturated rings. The number of esters is 1. The van der Waals surface area contributed by atoms with Gasteiger partial charge in [0.25, 0.3) is 0 Å². The first kappa shape index (κ1) is 15.1. The van der Waals surface area contributed by atoms with E-state index >= 15 is 0 Å². The Hall–Kier alpha value is -2.28. The molecule has 0 radical (unpaired) electrons. The van der Waals surface area contributed by atoms with Gasteiger partial charge in [0.05, 0.1) is 5.02 Å². The molecule has 0 bridgehead atoms. The molecule has 0 N–H and O–H groups in total. The predicted molar refractivity (Wildman–Crippen MR) is 67.2 cm³/mol. The minimum absolute atomic E-state index is 0.0665. The van der Waals surface area contributed by atoms with Crippen molar-refractivity contribution in [1.82, 2.24) is 4.98 Å². The quantitative estimate of drug-likeness (QED) is 0.637. The van der Waals surface area contributed by atoms with Crippen molar-refractivity contribution in [3.8, 4) is 11.5 Å². The van der Waals surface area contributed by atoms with Crippen molar-refractivity contribution in [2.24, 2.45) is 0 Å². The van der Waals surface area contributed by atoms with E-state index in [-0.39, 0.29) is 10.7 Å². The summed E-state index contributed by atoms with van der Waals surface area (Å²) >= 11 is 5.55. The van der Waals surface area contributed by atoms with Gasteiger partial charge in [-0.25, -0.2) is 9.78 Å². The third-order valence-corrected chi connectivity index (χ3v) is 2.59. The van der Waals surface area contributed by atoms with Crippen LogP contribution in [0.2, 0.25) is 5.02 Å². The summed E-state index contributed by atoms with van der Waals surface area (Å²) in [6, 6.07) is 6.56. The molecule has 0 aliphatic carbocycles. The zero-order valence-electron chi connectivity index (χ0n) is 10.2. The fourth-order valence-electron chi connectivity index (χ4n) is 1.43. The summed E-state index contributed by atoms with van der Waals surface area (Å²) in [5, 5.41) is -0.370. The molecule has 0 saturated heterocycles. The minimum Gasteiger partial charge on any atom is -0.430 e. The fourth-order valence-corrected chi connectivity index (χ4v) is 1.62. The standard InChI is InChI=1S/C13H7ClF3NO3/c14-7-4-5-9(10(15)11(7)21-13(16)17)20-12(19)8-3-1-2-6-18-8/h1-6,13H. The van der Waals surface area contributed by atoms with Crippen LogP contribution in [0.4, 0.5) is 13.2 Å². The summed E-state index contributed by atoms with van der Waals surface area (Å²) in [7, 11) is 0. The number of aromatic nitrogens is 1. The van der Waals surface area contributed by atoms with E-state index in [0.29, 0.717) is 0 Å². The van der Waals surface area contributed by atoms with Gasteiger partial charge >= 0.3 is 12.6 Å². The molecule has 1 aromatic heterocycles. The molecule has 21 heavy (non-hydrogen) atoms. The molecule has 110 valence electrons. The number of hydrogen-bond donors (Lipinski definition) is 0. The number of carbonyl (C=O) groups excluding carboxylic acids is 1. The monoisotopic (exact) mass is 317 g/mol. The van der Waals surface area contributed by atoms with Crippen LogP contribution in [0.1, 0.15) is 10.5 Å². The van der Waals surface area contributed by atoms with E-state index < -0.39 is 29.9 Å². The van der Waals surface area contributed by atoms with Crippen molar-refractivity contribution < 1.29 is 27.4 Å². The van der Waals surface area contributed by atoms with Crippen LogP contribution in [0.3, 0.4) is 0 Å². The molecule has 1 heterocycles. The van der Waals surface area contributed by atoms with Crippen molar-refractivity contribution >= 4 is 17.6 Å². The second-order valence-electron chi connectivity index (χ2n) is 3.67. The highest BCUT2D eigenvalue weighted by molar-refractivity contribution is 6.32. The molecular formula is C13H7ClF3NO3. The maximum absolute atomic E-state index is 13.9. The molecule has 0 amide bonds. The fraction of sp³-hybridized carbons (Fsp3) is 0.0769. The molecule has 8 heteroatoms. The SMILES string of the molecule is O=C(Oc1ccc(Cl)c(OC(F)F)c1F)c1ccccn1. The van der Waals surface area contributed by atoms with Gasteiger partial charge in [0.1, 0.15) is 5.69 Å². The topological polar surface area (TPSA) is 48.4 Å². The summed E-state index contributed by atoms with van der Waals surface area (Å²) in [5.74, 6) is -3.73. The largest absolute Gasteiger partial charge is 0.430 e. The van der Waals surface area contributed by atoms with Gasteiger partial charge < -0.3 is 9.47 Å². The van der Waals surface area contributed by atoms with Crippen LogP contribution >= 0.6 is 11.6 Å². The highest BCUT2D eigenvalue weighted by Gasteiger charge is 2.21. The Balaban J connectivity index is 2.27. The number of benzene rings is 1. The lowest BCUT2D eigenvalue weighted by molar-refractivity contribution is -0.0522. The molecule has 0 aliphatic rings. The molecule has 1 aromatic carbocycles. The lowest BCUT2D eigenvalue weighted by atomic mass is 10.3. The number of carbonyl (C=O) groups is 1. The summed E-state index contributed by atoms with van der Waals surface area (Å²) in [4.78, 5) is 15.4. The Morgan fingerprint density at radius 3 is 2.62 bits per heavy atom. The van der Waals surface area contributed by atoms with Gasteiger partial charge in [0.15, 0.2) is 11.5 Å². The summed E-state index contributed by atoms with van der Waals surface area (Å²) < 4.78 is 47.0. The highest BCUT2D eigenvalue weighted by atomic mass is 35.5. The summed E-state index contributed by atoms with van der Waals surface area (Å²) in [6.45, 7) is -3.27. The van der Waals surface area contributed by atoms with Gasteiger partial charge in [-0.15, -0.1) is 0 Å². The number of halogens is 4. The first-order chi connectivity index (χ1) is 9.99. The Morgan fingerprint density at radius 2 is 2.00 bits per heavy atom. The van der Waals surface area contributed by atoms with Crippen LogP contribution < -0.4 is 9.47 Å². The number of nitrogens with zero attached hydrogens (tertiary/aromatic N) is 1. The van der Waals surface area contributed by atoms with E-state index in [0.717, 1.165) is 12.1 Å². The zero-order valence-corrected chi connectivity index (χ0v) is 11.0. The Bertz CT molecular complexity index is 653. The summed E-state index contributed by atoms with van der Waals surface area (Å²) in [5.41, 5.74) is -0.0665. The van der Waals surface area contributed by atoms with Gasteiger partial charge in [-0.05, 0) is 24.3 Å². The number of hydrogen-bond acceptors (Lipinski definition) is 4. The van der Waals surface area contributed by atoms with Gasteiger partial charge in [0.2, 0.25) is 5.82 Å². The van der Waals surface area contributed by atoms with E-state index in [9.17, 15) is 18.0 Å². The van der Waals surface area contributed by atoms with Gasteiger partial charge in [-0.3, -0.25) is 0 Å². The van der Waals surface area contributed by atoms with Crippen LogP contribution in [0.5, 0.6) is 11.5 Å². The maximum Gasteiger partial charge on any atom is 0.387 e. The molecule has 2 aromatic rings. The third-order valence-electron chi connectivity index (χ3n) is 2.30. The molecule has 0 aliphatic heterocycles. The van der Waals surface area contributed by atoms with Crippen molar-refractivity contribution in [3.63, 3.8) is 0 Å². The number of alkyl halides is 2. The molecule has 0 saturated carbocycles. The van der Waals surface area contributed by atoms with Crippen LogP contribution in [0.15, 0.2) is 36.5 Å². The smallest absolute Gasteiger partial charge is 0.387 e. The van der Waals surface area contributed by atoms with E-state index in [4.69, 9.17) is 16.3 Å². The number of pyridine rings is 1. The average Bonchev–Trinajstić information content (AvgIpc) is 2.47. The van der Waals surface area contributed by atoms with Crippen molar-refractivity contribution in [1.29, 1.82) is 0 Å². The highest BCUT2D eigenvalue weighted by Crippen LogP contribution is 2.35. The molecule has 0 spiro atoms. The van der Waals surface area contributed by atoms with E-state index in [1.54, 1.807) is 6.07 Å². The number of ether oxygens (including phenoxy) is 2. The van der Waals surface area contributed by atoms with Crippen molar-refractivity contribution in [3.05, 3.63) is 53.1 Å². The first-order valence-corrected chi connectivity index (χ1v) is 5.93. The van der Waals surface area contributed by atoms with Crippen LogP contribution in [-0.4, -0.2) is 17.6 Å². The average molecular weight is 318 g/mol.